The topological polar surface area (TPSA) is 29.5 Å². The first-order valence-corrected chi connectivity index (χ1v) is 6.61. The first-order valence-electron chi connectivity index (χ1n) is 6.61. The predicted octanol–water partition coefficient (Wildman–Crippen LogP) is 2.50. The normalized spacial score (nSPS) is 32.9. The van der Waals surface area contributed by atoms with Crippen molar-refractivity contribution >= 4 is 0 Å². The zero-order valence-corrected chi connectivity index (χ0v) is 10.3. The van der Waals surface area contributed by atoms with Crippen LogP contribution in [0.4, 0.5) is 0 Å². The monoisotopic (exact) mass is 232 g/mol. The fourth-order valence-corrected chi connectivity index (χ4v) is 3.18. The molecule has 0 radical (unpaired) electrons. The van der Waals surface area contributed by atoms with Gasteiger partial charge in [0.25, 0.3) is 0 Å². The van der Waals surface area contributed by atoms with Gasteiger partial charge in [0.2, 0.25) is 0 Å². The third-order valence-electron chi connectivity index (χ3n) is 4.26. The second-order valence-electron chi connectivity index (χ2n) is 5.54. The second kappa shape index (κ2) is 4.43. The molecule has 1 N–H and O–H groups in total. The molecule has 4 atom stereocenters. The standard InChI is InChI=1S/C15H20O2/c1-10-6-13(9-17-10)15(16)8-12-7-11-4-2-3-5-14(11)12/h2-5,10,12-13,15-16H,6-9H2,1H3. The SMILES string of the molecule is CC1CC(C(O)CC2Cc3ccccc32)CO1. The number of hydrogen-bond acceptors (Lipinski definition) is 2. The lowest BCUT2D eigenvalue weighted by Crippen LogP contribution is -2.27. The van der Waals surface area contributed by atoms with Crippen LogP contribution in [-0.2, 0) is 11.2 Å². The van der Waals surface area contributed by atoms with Gasteiger partial charge in [-0.15, -0.1) is 0 Å². The molecule has 2 heteroatoms. The number of fused-ring (bicyclic) bond motifs is 1. The Bertz CT molecular complexity index is 402. The van der Waals surface area contributed by atoms with Gasteiger partial charge in [0.05, 0.1) is 18.8 Å². The van der Waals surface area contributed by atoms with E-state index in [2.05, 4.69) is 31.2 Å². The Morgan fingerprint density at radius 2 is 2.24 bits per heavy atom. The third kappa shape index (κ3) is 2.12. The van der Waals surface area contributed by atoms with Gasteiger partial charge < -0.3 is 9.84 Å². The van der Waals surface area contributed by atoms with Gasteiger partial charge in [-0.25, -0.2) is 0 Å². The first kappa shape index (κ1) is 11.2. The molecule has 1 saturated heterocycles. The van der Waals surface area contributed by atoms with E-state index in [9.17, 15) is 5.11 Å². The van der Waals surface area contributed by atoms with Crippen LogP contribution in [0.5, 0.6) is 0 Å². The highest BCUT2D eigenvalue weighted by molar-refractivity contribution is 5.39. The molecule has 92 valence electrons. The lowest BCUT2D eigenvalue weighted by molar-refractivity contribution is 0.0695. The summed E-state index contributed by atoms with van der Waals surface area (Å²) in [7, 11) is 0. The molecule has 1 fully saturated rings. The molecule has 0 amide bonds. The van der Waals surface area contributed by atoms with Crippen molar-refractivity contribution in [3.63, 3.8) is 0 Å². The van der Waals surface area contributed by atoms with Gasteiger partial charge in [-0.05, 0) is 43.2 Å². The van der Waals surface area contributed by atoms with Gasteiger partial charge in [-0.1, -0.05) is 24.3 Å². The number of aliphatic hydroxyl groups excluding tert-OH is 1. The smallest absolute Gasteiger partial charge is 0.0597 e. The predicted molar refractivity (Wildman–Crippen MR) is 67.0 cm³/mol. The van der Waals surface area contributed by atoms with Crippen molar-refractivity contribution in [2.24, 2.45) is 5.92 Å². The molecule has 1 aliphatic heterocycles. The number of hydrogen-bond donors (Lipinski definition) is 1. The number of aliphatic hydroxyl groups is 1. The van der Waals surface area contributed by atoms with Crippen LogP contribution >= 0.6 is 0 Å². The Hall–Kier alpha value is -0.860. The Morgan fingerprint density at radius 1 is 1.41 bits per heavy atom. The van der Waals surface area contributed by atoms with Crippen LogP contribution in [-0.4, -0.2) is 23.9 Å². The number of benzene rings is 1. The maximum absolute atomic E-state index is 10.2. The maximum Gasteiger partial charge on any atom is 0.0597 e. The molecular weight excluding hydrogens is 212 g/mol. The van der Waals surface area contributed by atoms with Crippen molar-refractivity contribution in [2.45, 2.75) is 44.3 Å². The molecule has 3 rings (SSSR count). The van der Waals surface area contributed by atoms with Gasteiger partial charge in [0, 0.05) is 5.92 Å². The molecule has 1 aliphatic carbocycles. The van der Waals surface area contributed by atoms with E-state index in [-0.39, 0.29) is 6.10 Å². The van der Waals surface area contributed by atoms with Crippen LogP contribution in [0.1, 0.15) is 36.8 Å². The molecule has 1 aromatic rings. The summed E-state index contributed by atoms with van der Waals surface area (Å²) in [4.78, 5) is 0. The van der Waals surface area contributed by atoms with Gasteiger partial charge in [0.15, 0.2) is 0 Å². The van der Waals surface area contributed by atoms with E-state index in [1.807, 2.05) is 0 Å². The van der Waals surface area contributed by atoms with E-state index in [0.717, 1.165) is 25.9 Å². The van der Waals surface area contributed by atoms with Crippen molar-refractivity contribution in [2.75, 3.05) is 6.61 Å². The molecular formula is C15H20O2. The van der Waals surface area contributed by atoms with E-state index in [4.69, 9.17) is 4.74 Å². The first-order chi connectivity index (χ1) is 8.24. The van der Waals surface area contributed by atoms with Gasteiger partial charge in [-0.2, -0.15) is 0 Å². The molecule has 1 heterocycles. The van der Waals surface area contributed by atoms with Crippen molar-refractivity contribution in [1.29, 1.82) is 0 Å². The Kier molecular flexibility index (Phi) is 2.93. The maximum atomic E-state index is 10.2. The number of rotatable bonds is 3. The molecule has 0 bridgehead atoms. The lowest BCUT2D eigenvalue weighted by atomic mass is 9.73. The van der Waals surface area contributed by atoms with E-state index < -0.39 is 0 Å². The van der Waals surface area contributed by atoms with Crippen molar-refractivity contribution in [3.05, 3.63) is 35.4 Å². The van der Waals surface area contributed by atoms with Crippen LogP contribution in [0.15, 0.2) is 24.3 Å². The molecule has 0 aromatic heterocycles. The fourth-order valence-electron chi connectivity index (χ4n) is 3.18. The van der Waals surface area contributed by atoms with Gasteiger partial charge >= 0.3 is 0 Å². The average Bonchev–Trinajstić information content (AvgIpc) is 2.73. The molecule has 2 nitrogen and oxygen atoms in total. The van der Waals surface area contributed by atoms with Crippen LogP contribution < -0.4 is 0 Å². The minimum atomic E-state index is -0.196. The van der Waals surface area contributed by atoms with E-state index in [0.29, 0.717) is 17.9 Å². The molecule has 0 spiro atoms. The quantitative estimate of drug-likeness (QED) is 0.867. The summed E-state index contributed by atoms with van der Waals surface area (Å²) in [5.74, 6) is 0.912. The highest BCUT2D eigenvalue weighted by Crippen LogP contribution is 2.39. The summed E-state index contributed by atoms with van der Waals surface area (Å²) < 4.78 is 5.53. The molecule has 4 unspecified atom stereocenters. The van der Waals surface area contributed by atoms with E-state index >= 15 is 0 Å². The molecule has 17 heavy (non-hydrogen) atoms. The average molecular weight is 232 g/mol. The van der Waals surface area contributed by atoms with Crippen LogP contribution in [0.2, 0.25) is 0 Å². The highest BCUT2D eigenvalue weighted by atomic mass is 16.5. The summed E-state index contributed by atoms with van der Waals surface area (Å²) in [6.07, 6.45) is 3.17. The number of ether oxygens (including phenoxy) is 1. The molecule has 0 saturated carbocycles. The van der Waals surface area contributed by atoms with Crippen molar-refractivity contribution < 1.29 is 9.84 Å². The van der Waals surface area contributed by atoms with Crippen molar-refractivity contribution in [3.8, 4) is 0 Å². The molecule has 2 aliphatic rings. The summed E-state index contributed by atoms with van der Waals surface area (Å²) >= 11 is 0. The van der Waals surface area contributed by atoms with Gasteiger partial charge in [-0.3, -0.25) is 0 Å². The Balaban J connectivity index is 1.59. The van der Waals surface area contributed by atoms with Crippen LogP contribution in [0, 0.1) is 5.92 Å². The van der Waals surface area contributed by atoms with E-state index in [1.54, 1.807) is 0 Å². The highest BCUT2D eigenvalue weighted by Gasteiger charge is 2.33. The summed E-state index contributed by atoms with van der Waals surface area (Å²) in [6.45, 7) is 2.82. The largest absolute Gasteiger partial charge is 0.393 e. The minimum Gasteiger partial charge on any atom is -0.393 e. The lowest BCUT2D eigenvalue weighted by Gasteiger charge is -2.32. The third-order valence-corrected chi connectivity index (χ3v) is 4.26. The zero-order chi connectivity index (χ0) is 11.8. The van der Waals surface area contributed by atoms with E-state index in [1.165, 1.54) is 11.1 Å². The van der Waals surface area contributed by atoms with Gasteiger partial charge in [0.1, 0.15) is 0 Å². The Labute approximate surface area is 103 Å². The fraction of sp³-hybridized carbons (Fsp3) is 0.600. The Morgan fingerprint density at radius 3 is 2.94 bits per heavy atom. The summed E-state index contributed by atoms with van der Waals surface area (Å²) in [5.41, 5.74) is 2.90. The zero-order valence-electron chi connectivity index (χ0n) is 10.3. The molecule has 1 aromatic carbocycles. The second-order valence-corrected chi connectivity index (χ2v) is 5.54. The van der Waals surface area contributed by atoms with Crippen LogP contribution in [0.25, 0.3) is 0 Å². The minimum absolute atomic E-state index is 0.196. The van der Waals surface area contributed by atoms with Crippen LogP contribution in [0.3, 0.4) is 0 Å². The summed E-state index contributed by atoms with van der Waals surface area (Å²) in [5, 5.41) is 10.2. The van der Waals surface area contributed by atoms with Crippen molar-refractivity contribution in [1.82, 2.24) is 0 Å². The summed E-state index contributed by atoms with van der Waals surface area (Å²) in [6, 6.07) is 8.58.